The summed E-state index contributed by atoms with van der Waals surface area (Å²) in [5.74, 6) is -0.508. The van der Waals surface area contributed by atoms with Gasteiger partial charge in [-0.3, -0.25) is 0 Å². The molecule has 3 N–H and O–H groups in total. The Labute approximate surface area is 124 Å². The molecule has 21 heavy (non-hydrogen) atoms. The number of benzene rings is 1. The lowest BCUT2D eigenvalue weighted by atomic mass is 10.1. The standard InChI is InChI=1S/C14H21FN2O3S/c15-14-6-5-13(8-11(14)9-16)21(19,20)17-7-3-1-2-4-12(17)10-18/h5-6,8,12,18H,1-4,7,9-10,16H2. The van der Waals surface area contributed by atoms with Crippen LogP contribution in [0.2, 0.25) is 0 Å². The molecule has 1 aromatic rings. The molecule has 1 fully saturated rings. The molecule has 1 aliphatic rings. The van der Waals surface area contributed by atoms with Crippen LogP contribution in [0.5, 0.6) is 0 Å². The summed E-state index contributed by atoms with van der Waals surface area (Å²) in [6.45, 7) is 0.117. The fraction of sp³-hybridized carbons (Fsp3) is 0.571. The molecule has 1 unspecified atom stereocenters. The molecule has 0 bridgehead atoms. The number of nitrogens with two attached hydrogens (primary N) is 1. The Morgan fingerprint density at radius 3 is 2.76 bits per heavy atom. The van der Waals surface area contributed by atoms with Crippen molar-refractivity contribution in [3.8, 4) is 0 Å². The summed E-state index contributed by atoms with van der Waals surface area (Å²) in [6.07, 6.45) is 3.25. The summed E-state index contributed by atoms with van der Waals surface area (Å²) < 4.78 is 40.3. The Morgan fingerprint density at radius 2 is 2.10 bits per heavy atom. The Balaban J connectivity index is 2.39. The molecule has 7 heteroatoms. The predicted molar refractivity (Wildman–Crippen MR) is 77.5 cm³/mol. The van der Waals surface area contributed by atoms with E-state index in [2.05, 4.69) is 0 Å². The molecule has 0 spiro atoms. The minimum absolute atomic E-state index is 0.0321. The topological polar surface area (TPSA) is 83.6 Å². The number of hydrogen-bond acceptors (Lipinski definition) is 4. The van der Waals surface area contributed by atoms with Gasteiger partial charge in [-0.1, -0.05) is 12.8 Å². The molecule has 1 aliphatic heterocycles. The van der Waals surface area contributed by atoms with Crippen molar-refractivity contribution in [1.29, 1.82) is 0 Å². The van der Waals surface area contributed by atoms with Gasteiger partial charge in [0.2, 0.25) is 10.0 Å². The lowest BCUT2D eigenvalue weighted by molar-refractivity contribution is 0.186. The summed E-state index contributed by atoms with van der Waals surface area (Å²) >= 11 is 0. The molecule has 0 radical (unpaired) electrons. The van der Waals surface area contributed by atoms with Gasteiger partial charge >= 0.3 is 0 Å². The number of rotatable bonds is 4. The van der Waals surface area contributed by atoms with E-state index in [0.717, 1.165) is 25.3 Å². The number of aliphatic hydroxyl groups is 1. The Hall–Kier alpha value is -1.02. The highest BCUT2D eigenvalue weighted by Gasteiger charge is 2.32. The van der Waals surface area contributed by atoms with Crippen molar-refractivity contribution in [3.05, 3.63) is 29.6 Å². The lowest BCUT2D eigenvalue weighted by Gasteiger charge is -2.27. The predicted octanol–water partition coefficient (Wildman–Crippen LogP) is 1.21. The van der Waals surface area contributed by atoms with Crippen LogP contribution in [-0.2, 0) is 16.6 Å². The first-order valence-electron chi connectivity index (χ1n) is 7.12. The van der Waals surface area contributed by atoms with Gasteiger partial charge < -0.3 is 10.8 Å². The maximum absolute atomic E-state index is 13.5. The number of sulfonamides is 1. The Bertz CT molecular complexity index is 592. The van der Waals surface area contributed by atoms with Gasteiger partial charge in [-0.2, -0.15) is 4.31 Å². The van der Waals surface area contributed by atoms with Gasteiger partial charge in [0.25, 0.3) is 0 Å². The summed E-state index contributed by atoms with van der Waals surface area (Å²) in [6, 6.07) is 3.25. The third kappa shape index (κ3) is 3.42. The van der Waals surface area contributed by atoms with Crippen molar-refractivity contribution < 1.29 is 17.9 Å². The second-order valence-corrected chi connectivity index (χ2v) is 7.15. The summed E-state index contributed by atoms with van der Waals surface area (Å²) in [7, 11) is -3.74. The zero-order chi connectivity index (χ0) is 15.5. The maximum atomic E-state index is 13.5. The Kier molecular flexibility index (Phi) is 5.32. The normalized spacial score (nSPS) is 21.2. The first-order valence-corrected chi connectivity index (χ1v) is 8.56. The third-order valence-electron chi connectivity index (χ3n) is 3.88. The first kappa shape index (κ1) is 16.4. The molecule has 1 atom stereocenters. The van der Waals surface area contributed by atoms with E-state index in [1.165, 1.54) is 16.4 Å². The molecule has 0 aromatic heterocycles. The van der Waals surface area contributed by atoms with Crippen molar-refractivity contribution >= 4 is 10.0 Å². The fourth-order valence-corrected chi connectivity index (χ4v) is 4.39. The van der Waals surface area contributed by atoms with Crippen LogP contribution in [0.4, 0.5) is 4.39 Å². The second kappa shape index (κ2) is 6.83. The zero-order valence-electron chi connectivity index (χ0n) is 11.8. The molecule has 0 saturated carbocycles. The van der Waals surface area contributed by atoms with E-state index in [-0.39, 0.29) is 23.6 Å². The van der Waals surface area contributed by atoms with Crippen LogP contribution in [-0.4, -0.2) is 37.0 Å². The minimum Gasteiger partial charge on any atom is -0.395 e. The van der Waals surface area contributed by atoms with Crippen LogP contribution < -0.4 is 5.73 Å². The summed E-state index contributed by atoms with van der Waals surface area (Å²) in [5, 5.41) is 9.46. The molecular weight excluding hydrogens is 295 g/mol. The first-order chi connectivity index (χ1) is 10.0. The van der Waals surface area contributed by atoms with Crippen LogP contribution >= 0.6 is 0 Å². The van der Waals surface area contributed by atoms with Gasteiger partial charge in [0.1, 0.15) is 5.82 Å². The maximum Gasteiger partial charge on any atom is 0.243 e. The summed E-state index contributed by atoms with van der Waals surface area (Å²) in [4.78, 5) is 0.0321. The lowest BCUT2D eigenvalue weighted by Crippen LogP contribution is -2.42. The minimum atomic E-state index is -3.74. The van der Waals surface area contributed by atoms with Gasteiger partial charge in [0.05, 0.1) is 11.5 Å². The molecule has 0 aliphatic carbocycles. The van der Waals surface area contributed by atoms with Crippen LogP contribution in [0.1, 0.15) is 31.2 Å². The third-order valence-corrected chi connectivity index (χ3v) is 5.83. The van der Waals surface area contributed by atoms with E-state index in [9.17, 15) is 17.9 Å². The van der Waals surface area contributed by atoms with Crippen LogP contribution in [0.25, 0.3) is 0 Å². The monoisotopic (exact) mass is 316 g/mol. The highest BCUT2D eigenvalue weighted by Crippen LogP contribution is 2.25. The number of nitrogens with zero attached hydrogens (tertiary/aromatic N) is 1. The highest BCUT2D eigenvalue weighted by atomic mass is 32.2. The smallest absolute Gasteiger partial charge is 0.243 e. The fourth-order valence-electron chi connectivity index (χ4n) is 2.65. The van der Waals surface area contributed by atoms with Crippen molar-refractivity contribution in [3.63, 3.8) is 0 Å². The van der Waals surface area contributed by atoms with Gasteiger partial charge in [0, 0.05) is 24.7 Å². The number of hydrogen-bond donors (Lipinski definition) is 2. The number of halogens is 1. The van der Waals surface area contributed by atoms with E-state index >= 15 is 0 Å². The van der Waals surface area contributed by atoms with Crippen LogP contribution in [0, 0.1) is 5.82 Å². The van der Waals surface area contributed by atoms with Gasteiger partial charge in [0.15, 0.2) is 0 Å². The van der Waals surface area contributed by atoms with Crippen molar-refractivity contribution in [2.24, 2.45) is 5.73 Å². The molecule has 118 valence electrons. The quantitative estimate of drug-likeness (QED) is 0.874. The van der Waals surface area contributed by atoms with Crippen LogP contribution in [0.3, 0.4) is 0 Å². The van der Waals surface area contributed by atoms with Gasteiger partial charge in [-0.15, -0.1) is 0 Å². The van der Waals surface area contributed by atoms with E-state index in [1.807, 2.05) is 0 Å². The summed E-state index contributed by atoms with van der Waals surface area (Å²) in [5.41, 5.74) is 5.60. The molecule has 1 heterocycles. The average Bonchev–Trinajstić information content (AvgIpc) is 2.73. The largest absolute Gasteiger partial charge is 0.395 e. The van der Waals surface area contributed by atoms with E-state index in [0.29, 0.717) is 13.0 Å². The van der Waals surface area contributed by atoms with E-state index < -0.39 is 21.9 Å². The Morgan fingerprint density at radius 1 is 1.33 bits per heavy atom. The van der Waals surface area contributed by atoms with Gasteiger partial charge in [-0.05, 0) is 31.0 Å². The average molecular weight is 316 g/mol. The molecule has 1 saturated heterocycles. The molecule has 0 amide bonds. The molecule has 1 aromatic carbocycles. The van der Waals surface area contributed by atoms with Gasteiger partial charge in [-0.25, -0.2) is 12.8 Å². The SMILES string of the molecule is NCc1cc(S(=O)(=O)N2CCCCCC2CO)ccc1F. The number of aliphatic hydroxyl groups excluding tert-OH is 1. The van der Waals surface area contributed by atoms with Crippen molar-refractivity contribution in [2.75, 3.05) is 13.2 Å². The van der Waals surface area contributed by atoms with Crippen molar-refractivity contribution in [1.82, 2.24) is 4.31 Å². The second-order valence-electron chi connectivity index (χ2n) is 5.26. The van der Waals surface area contributed by atoms with E-state index in [4.69, 9.17) is 5.73 Å². The van der Waals surface area contributed by atoms with E-state index in [1.54, 1.807) is 0 Å². The van der Waals surface area contributed by atoms with Crippen LogP contribution in [0.15, 0.2) is 23.1 Å². The van der Waals surface area contributed by atoms with Crippen molar-refractivity contribution in [2.45, 2.75) is 43.2 Å². The molecular formula is C14H21FN2O3S. The molecule has 2 rings (SSSR count). The highest BCUT2D eigenvalue weighted by molar-refractivity contribution is 7.89. The molecule has 5 nitrogen and oxygen atoms in total. The zero-order valence-corrected chi connectivity index (χ0v) is 12.7.